The smallest absolute Gasteiger partial charge is 0.231 e. The summed E-state index contributed by atoms with van der Waals surface area (Å²) in [5.41, 5.74) is 1.17. The molecule has 3 rings (SSSR count). The van der Waals surface area contributed by atoms with E-state index in [0.717, 1.165) is 5.39 Å². The minimum atomic E-state index is -0.582. The maximum absolute atomic E-state index is 13.9. The van der Waals surface area contributed by atoms with Gasteiger partial charge >= 0.3 is 0 Å². The molecule has 0 saturated heterocycles. The van der Waals surface area contributed by atoms with Gasteiger partial charge in [-0.25, -0.2) is 4.39 Å². The minimum absolute atomic E-state index is 0.0300. The molecule has 0 N–H and O–H groups in total. The summed E-state index contributed by atoms with van der Waals surface area (Å²) in [5.74, 6) is -0.941. The van der Waals surface area contributed by atoms with Crippen LogP contribution >= 0.6 is 27.5 Å². The van der Waals surface area contributed by atoms with Crippen molar-refractivity contribution < 1.29 is 13.6 Å². The minimum Gasteiger partial charge on any atom is -0.452 e. The molecule has 106 valence electrons. The van der Waals surface area contributed by atoms with Gasteiger partial charge in [0.1, 0.15) is 11.4 Å². The average Bonchev–Trinajstić information content (AvgIpc) is 2.78. The van der Waals surface area contributed by atoms with E-state index in [1.165, 1.54) is 18.2 Å². The van der Waals surface area contributed by atoms with Crippen LogP contribution in [0, 0.1) is 12.7 Å². The SMILES string of the molecule is Cc1c(C(=O)c2cc(Br)ccc2F)oc2ccc(Cl)cc12. The largest absolute Gasteiger partial charge is 0.452 e. The van der Waals surface area contributed by atoms with Gasteiger partial charge in [0.15, 0.2) is 5.76 Å². The highest BCUT2D eigenvalue weighted by molar-refractivity contribution is 9.10. The molecule has 0 bridgehead atoms. The molecule has 5 heteroatoms. The van der Waals surface area contributed by atoms with Crippen LogP contribution in [0.5, 0.6) is 0 Å². The zero-order valence-electron chi connectivity index (χ0n) is 10.9. The Kier molecular flexibility index (Phi) is 3.59. The summed E-state index contributed by atoms with van der Waals surface area (Å²) in [6, 6.07) is 9.32. The second-order valence-corrected chi connectivity index (χ2v) is 6.00. The molecule has 0 fully saturated rings. The summed E-state index contributed by atoms with van der Waals surface area (Å²) in [7, 11) is 0. The van der Waals surface area contributed by atoms with Gasteiger partial charge in [-0.2, -0.15) is 0 Å². The number of carbonyl (C=O) groups excluding carboxylic acids is 1. The van der Waals surface area contributed by atoms with Crippen LogP contribution in [0.25, 0.3) is 11.0 Å². The van der Waals surface area contributed by atoms with Crippen molar-refractivity contribution in [1.82, 2.24) is 0 Å². The van der Waals surface area contributed by atoms with Crippen molar-refractivity contribution in [3.05, 3.63) is 68.6 Å². The second-order valence-electron chi connectivity index (χ2n) is 4.65. The molecule has 1 heterocycles. The van der Waals surface area contributed by atoms with Gasteiger partial charge in [0, 0.05) is 20.4 Å². The number of furan rings is 1. The van der Waals surface area contributed by atoms with Crippen molar-refractivity contribution in [1.29, 1.82) is 0 Å². The van der Waals surface area contributed by atoms with Crippen LogP contribution in [-0.4, -0.2) is 5.78 Å². The lowest BCUT2D eigenvalue weighted by molar-refractivity contribution is 0.101. The molecular formula is C16H9BrClFO2. The van der Waals surface area contributed by atoms with Gasteiger partial charge in [0.05, 0.1) is 5.56 Å². The normalized spacial score (nSPS) is 11.0. The summed E-state index contributed by atoms with van der Waals surface area (Å²) in [5, 5.41) is 1.31. The molecule has 0 aliphatic heterocycles. The number of carbonyl (C=O) groups is 1. The lowest BCUT2D eigenvalue weighted by atomic mass is 10.0. The first-order valence-corrected chi connectivity index (χ1v) is 7.33. The first kappa shape index (κ1) is 14.3. The van der Waals surface area contributed by atoms with Crippen molar-refractivity contribution in [3.8, 4) is 0 Å². The quantitative estimate of drug-likeness (QED) is 0.558. The van der Waals surface area contributed by atoms with E-state index < -0.39 is 11.6 Å². The summed E-state index contributed by atoms with van der Waals surface area (Å²) in [6.45, 7) is 1.76. The Labute approximate surface area is 133 Å². The fourth-order valence-corrected chi connectivity index (χ4v) is 2.74. The Balaban J connectivity index is 2.18. The molecule has 0 spiro atoms. The molecule has 0 saturated carbocycles. The highest BCUT2D eigenvalue weighted by Crippen LogP contribution is 2.30. The van der Waals surface area contributed by atoms with E-state index in [9.17, 15) is 9.18 Å². The van der Waals surface area contributed by atoms with Crippen LogP contribution in [0.3, 0.4) is 0 Å². The highest BCUT2D eigenvalue weighted by atomic mass is 79.9. The topological polar surface area (TPSA) is 30.2 Å². The van der Waals surface area contributed by atoms with Gasteiger partial charge in [-0.1, -0.05) is 27.5 Å². The van der Waals surface area contributed by atoms with Crippen LogP contribution in [-0.2, 0) is 0 Å². The molecule has 0 aliphatic rings. The molecule has 0 atom stereocenters. The van der Waals surface area contributed by atoms with Gasteiger partial charge in [-0.3, -0.25) is 4.79 Å². The average molecular weight is 368 g/mol. The fraction of sp³-hybridized carbons (Fsp3) is 0.0625. The third-order valence-corrected chi connectivity index (χ3v) is 4.01. The Bertz CT molecular complexity index is 870. The first-order chi connectivity index (χ1) is 9.97. The van der Waals surface area contributed by atoms with Crippen molar-refractivity contribution in [2.45, 2.75) is 6.92 Å². The van der Waals surface area contributed by atoms with Crippen LogP contribution in [0.15, 0.2) is 45.3 Å². The molecule has 0 aliphatic carbocycles. The number of hydrogen-bond donors (Lipinski definition) is 0. The van der Waals surface area contributed by atoms with Crippen molar-refractivity contribution in [2.24, 2.45) is 0 Å². The lowest BCUT2D eigenvalue weighted by Crippen LogP contribution is -2.04. The number of hydrogen-bond acceptors (Lipinski definition) is 2. The molecule has 0 amide bonds. The zero-order chi connectivity index (χ0) is 15.1. The number of rotatable bonds is 2. The Morgan fingerprint density at radius 2 is 2.00 bits per heavy atom. The zero-order valence-corrected chi connectivity index (χ0v) is 13.3. The molecule has 3 aromatic rings. The standard InChI is InChI=1S/C16H9BrClFO2/c1-8-11-7-10(18)3-5-14(11)21-16(8)15(20)12-6-9(17)2-4-13(12)19/h2-7H,1H3. The van der Waals surface area contributed by atoms with Gasteiger partial charge in [0.25, 0.3) is 0 Å². The number of fused-ring (bicyclic) bond motifs is 1. The van der Waals surface area contributed by atoms with Crippen LogP contribution in [0.2, 0.25) is 5.02 Å². The number of benzene rings is 2. The van der Waals surface area contributed by atoms with Gasteiger partial charge in [0.2, 0.25) is 5.78 Å². The van der Waals surface area contributed by atoms with Gasteiger partial charge in [-0.05, 0) is 43.3 Å². The Hall–Kier alpha value is -1.65. The van der Waals surface area contributed by atoms with E-state index >= 15 is 0 Å². The molecule has 2 nitrogen and oxygen atoms in total. The van der Waals surface area contributed by atoms with Crippen molar-refractivity contribution in [2.75, 3.05) is 0 Å². The molecule has 1 aromatic heterocycles. The first-order valence-electron chi connectivity index (χ1n) is 6.16. The van der Waals surface area contributed by atoms with E-state index in [1.54, 1.807) is 25.1 Å². The van der Waals surface area contributed by atoms with Gasteiger partial charge < -0.3 is 4.42 Å². The molecule has 21 heavy (non-hydrogen) atoms. The third kappa shape index (κ3) is 2.49. The second kappa shape index (κ2) is 5.28. The van der Waals surface area contributed by atoms with Crippen molar-refractivity contribution in [3.63, 3.8) is 0 Å². The molecule has 0 radical (unpaired) electrons. The lowest BCUT2D eigenvalue weighted by Gasteiger charge is -2.02. The van der Waals surface area contributed by atoms with E-state index in [1.807, 2.05) is 0 Å². The fourth-order valence-electron chi connectivity index (χ4n) is 2.20. The Morgan fingerprint density at radius 3 is 2.76 bits per heavy atom. The van der Waals surface area contributed by atoms with Gasteiger partial charge in [-0.15, -0.1) is 0 Å². The predicted molar refractivity (Wildman–Crippen MR) is 83.5 cm³/mol. The molecule has 0 unspecified atom stereocenters. The number of ketones is 1. The van der Waals surface area contributed by atoms with E-state index in [4.69, 9.17) is 16.0 Å². The highest BCUT2D eigenvalue weighted by Gasteiger charge is 2.22. The maximum atomic E-state index is 13.9. The summed E-state index contributed by atoms with van der Waals surface area (Å²) in [6.07, 6.45) is 0. The monoisotopic (exact) mass is 366 g/mol. The number of aryl methyl sites for hydroxylation is 1. The van der Waals surface area contributed by atoms with Crippen LogP contribution < -0.4 is 0 Å². The molecular weight excluding hydrogens is 359 g/mol. The van der Waals surface area contributed by atoms with E-state index in [0.29, 0.717) is 20.6 Å². The van der Waals surface area contributed by atoms with Crippen molar-refractivity contribution >= 4 is 44.3 Å². The van der Waals surface area contributed by atoms with E-state index in [2.05, 4.69) is 15.9 Å². The number of halogens is 3. The summed E-state index contributed by atoms with van der Waals surface area (Å²) < 4.78 is 20.1. The summed E-state index contributed by atoms with van der Waals surface area (Å²) in [4.78, 5) is 12.5. The van der Waals surface area contributed by atoms with Crippen LogP contribution in [0.1, 0.15) is 21.7 Å². The Morgan fingerprint density at radius 1 is 1.24 bits per heavy atom. The molecule has 2 aromatic carbocycles. The third-order valence-electron chi connectivity index (χ3n) is 3.28. The maximum Gasteiger partial charge on any atom is 0.231 e. The van der Waals surface area contributed by atoms with Crippen LogP contribution in [0.4, 0.5) is 4.39 Å². The summed E-state index contributed by atoms with van der Waals surface area (Å²) >= 11 is 9.18. The predicted octanol–water partition coefficient (Wildman–Crippen LogP) is 5.53. The van der Waals surface area contributed by atoms with E-state index in [-0.39, 0.29) is 11.3 Å².